The van der Waals surface area contributed by atoms with E-state index >= 15 is 0 Å². The maximum absolute atomic E-state index is 13.1. The van der Waals surface area contributed by atoms with Crippen LogP contribution >= 0.6 is 23.2 Å². The Hall–Kier alpha value is -1.09. The summed E-state index contributed by atoms with van der Waals surface area (Å²) in [7, 11) is 0. The third kappa shape index (κ3) is 4.48. The molecule has 0 amide bonds. The average Bonchev–Trinajstić information content (AvgIpc) is 2.43. The van der Waals surface area contributed by atoms with E-state index in [-0.39, 0.29) is 5.82 Å². The molecule has 0 spiro atoms. The Kier molecular flexibility index (Phi) is 5.84. The van der Waals surface area contributed by atoms with Crippen LogP contribution in [0.1, 0.15) is 11.1 Å². The van der Waals surface area contributed by atoms with E-state index in [9.17, 15) is 4.39 Å². The van der Waals surface area contributed by atoms with Gasteiger partial charge in [0, 0.05) is 30.5 Å². The van der Waals surface area contributed by atoms with Gasteiger partial charge in [0.2, 0.25) is 0 Å². The van der Waals surface area contributed by atoms with Gasteiger partial charge in [-0.2, -0.15) is 0 Å². The van der Waals surface area contributed by atoms with E-state index in [0.29, 0.717) is 17.4 Å². The van der Waals surface area contributed by atoms with Crippen LogP contribution < -0.4 is 0 Å². The fourth-order valence-corrected chi connectivity index (χ4v) is 2.53. The summed E-state index contributed by atoms with van der Waals surface area (Å²) in [6.45, 7) is 2.20. The van der Waals surface area contributed by atoms with Crippen LogP contribution in [-0.2, 0) is 13.1 Å². The van der Waals surface area contributed by atoms with Crippen LogP contribution in [0.2, 0.25) is 5.02 Å². The molecule has 106 valence electrons. The number of benzene rings is 2. The van der Waals surface area contributed by atoms with E-state index in [0.717, 1.165) is 18.7 Å². The SMILES string of the molecule is Fc1ccc(CN(CCCl)Cc2ccccc2)c(Cl)c1. The lowest BCUT2D eigenvalue weighted by Gasteiger charge is -2.22. The molecule has 0 aliphatic carbocycles. The van der Waals surface area contributed by atoms with Gasteiger partial charge in [-0.05, 0) is 23.3 Å². The highest BCUT2D eigenvalue weighted by atomic mass is 35.5. The second-order valence-electron chi connectivity index (χ2n) is 4.62. The zero-order valence-corrected chi connectivity index (χ0v) is 12.5. The maximum atomic E-state index is 13.1. The molecule has 2 rings (SSSR count). The van der Waals surface area contributed by atoms with Gasteiger partial charge >= 0.3 is 0 Å². The Morgan fingerprint density at radius 2 is 1.75 bits per heavy atom. The zero-order valence-electron chi connectivity index (χ0n) is 11.0. The molecule has 0 aliphatic rings. The van der Waals surface area contributed by atoms with E-state index in [1.165, 1.54) is 17.7 Å². The number of hydrogen-bond acceptors (Lipinski definition) is 1. The molecule has 0 fully saturated rings. The third-order valence-corrected chi connectivity index (χ3v) is 3.58. The van der Waals surface area contributed by atoms with Crippen molar-refractivity contribution in [2.45, 2.75) is 13.1 Å². The molecule has 0 radical (unpaired) electrons. The summed E-state index contributed by atoms with van der Waals surface area (Å²) >= 11 is 11.9. The minimum Gasteiger partial charge on any atom is -0.294 e. The summed E-state index contributed by atoms with van der Waals surface area (Å²) in [5.74, 6) is 0.233. The number of rotatable bonds is 6. The Morgan fingerprint density at radius 3 is 2.40 bits per heavy atom. The molecular weight excluding hydrogens is 296 g/mol. The van der Waals surface area contributed by atoms with Crippen LogP contribution in [0.5, 0.6) is 0 Å². The summed E-state index contributed by atoms with van der Waals surface area (Å²) in [4.78, 5) is 2.20. The minimum absolute atomic E-state index is 0.314. The average molecular weight is 312 g/mol. The zero-order chi connectivity index (χ0) is 14.4. The maximum Gasteiger partial charge on any atom is 0.124 e. The highest BCUT2D eigenvalue weighted by Gasteiger charge is 2.09. The Balaban J connectivity index is 2.09. The fraction of sp³-hybridized carbons (Fsp3) is 0.250. The Labute approximate surface area is 128 Å². The van der Waals surface area contributed by atoms with Gasteiger partial charge in [-0.15, -0.1) is 11.6 Å². The molecule has 0 aliphatic heterocycles. The molecule has 0 saturated heterocycles. The van der Waals surface area contributed by atoms with E-state index < -0.39 is 0 Å². The van der Waals surface area contributed by atoms with E-state index in [2.05, 4.69) is 17.0 Å². The molecule has 2 aromatic rings. The molecule has 0 N–H and O–H groups in total. The van der Waals surface area contributed by atoms with Crippen molar-refractivity contribution in [3.8, 4) is 0 Å². The Bertz CT molecular complexity index is 545. The third-order valence-electron chi connectivity index (χ3n) is 3.06. The van der Waals surface area contributed by atoms with Gasteiger partial charge in [0.15, 0.2) is 0 Å². The van der Waals surface area contributed by atoms with Gasteiger partial charge in [-0.25, -0.2) is 4.39 Å². The highest BCUT2D eigenvalue weighted by Crippen LogP contribution is 2.20. The van der Waals surface area contributed by atoms with E-state index in [1.807, 2.05) is 18.2 Å². The van der Waals surface area contributed by atoms with Crippen molar-refractivity contribution in [1.82, 2.24) is 4.90 Å². The van der Waals surface area contributed by atoms with Crippen molar-refractivity contribution in [1.29, 1.82) is 0 Å². The lowest BCUT2D eigenvalue weighted by molar-refractivity contribution is 0.273. The largest absolute Gasteiger partial charge is 0.294 e. The first-order valence-corrected chi connectivity index (χ1v) is 7.36. The molecule has 20 heavy (non-hydrogen) atoms. The molecule has 0 unspecified atom stereocenters. The van der Waals surface area contributed by atoms with Gasteiger partial charge in [-0.3, -0.25) is 4.90 Å². The molecule has 0 heterocycles. The molecular formula is C16H16Cl2FN. The standard InChI is InChI=1S/C16H16Cl2FN/c17-8-9-20(11-13-4-2-1-3-5-13)12-14-6-7-15(19)10-16(14)18/h1-7,10H,8-9,11-12H2. The van der Waals surface area contributed by atoms with Crippen molar-refractivity contribution < 1.29 is 4.39 Å². The number of halogens is 3. The van der Waals surface area contributed by atoms with Crippen molar-refractivity contribution in [3.05, 3.63) is 70.5 Å². The van der Waals surface area contributed by atoms with Crippen LogP contribution in [0.3, 0.4) is 0 Å². The van der Waals surface area contributed by atoms with Crippen LogP contribution in [0.25, 0.3) is 0 Å². The second kappa shape index (κ2) is 7.63. The summed E-state index contributed by atoms with van der Waals surface area (Å²) in [6.07, 6.45) is 0. The lowest BCUT2D eigenvalue weighted by atomic mass is 10.1. The molecule has 0 aromatic heterocycles. The first-order valence-electron chi connectivity index (χ1n) is 6.45. The van der Waals surface area contributed by atoms with E-state index in [4.69, 9.17) is 23.2 Å². The molecule has 1 nitrogen and oxygen atoms in total. The van der Waals surface area contributed by atoms with Crippen LogP contribution in [-0.4, -0.2) is 17.3 Å². The number of nitrogens with zero attached hydrogens (tertiary/aromatic N) is 1. The molecule has 0 bridgehead atoms. The van der Waals surface area contributed by atoms with Gasteiger partial charge in [0.05, 0.1) is 0 Å². The quantitative estimate of drug-likeness (QED) is 0.698. The monoisotopic (exact) mass is 311 g/mol. The predicted molar refractivity (Wildman–Crippen MR) is 82.7 cm³/mol. The molecule has 0 saturated carbocycles. The normalized spacial score (nSPS) is 11.0. The molecule has 2 aromatic carbocycles. The van der Waals surface area contributed by atoms with Crippen LogP contribution in [0.4, 0.5) is 4.39 Å². The van der Waals surface area contributed by atoms with Crippen molar-refractivity contribution in [2.75, 3.05) is 12.4 Å². The summed E-state index contributed by atoms with van der Waals surface area (Å²) < 4.78 is 13.1. The number of alkyl halides is 1. The van der Waals surface area contributed by atoms with Crippen molar-refractivity contribution in [3.63, 3.8) is 0 Å². The van der Waals surface area contributed by atoms with Crippen molar-refractivity contribution in [2.24, 2.45) is 0 Å². The van der Waals surface area contributed by atoms with Crippen LogP contribution in [0.15, 0.2) is 48.5 Å². The van der Waals surface area contributed by atoms with Gasteiger partial charge in [0.25, 0.3) is 0 Å². The summed E-state index contributed by atoms with van der Waals surface area (Å²) in [6, 6.07) is 14.7. The Morgan fingerprint density at radius 1 is 1.00 bits per heavy atom. The summed E-state index contributed by atoms with van der Waals surface area (Å²) in [5, 5.41) is 0.456. The van der Waals surface area contributed by atoms with E-state index in [1.54, 1.807) is 6.07 Å². The van der Waals surface area contributed by atoms with Gasteiger partial charge < -0.3 is 0 Å². The fourth-order valence-electron chi connectivity index (χ4n) is 2.07. The second-order valence-corrected chi connectivity index (χ2v) is 5.41. The summed E-state index contributed by atoms with van der Waals surface area (Å²) in [5.41, 5.74) is 2.13. The minimum atomic E-state index is -0.314. The van der Waals surface area contributed by atoms with Gasteiger partial charge in [0.1, 0.15) is 5.82 Å². The molecule has 0 atom stereocenters. The molecule has 4 heteroatoms. The van der Waals surface area contributed by atoms with Crippen LogP contribution in [0, 0.1) is 5.82 Å². The predicted octanol–water partition coefficient (Wildman–Crippen LogP) is 4.72. The first kappa shape index (κ1) is 15.3. The first-order chi connectivity index (χ1) is 9.69. The number of hydrogen-bond donors (Lipinski definition) is 0. The van der Waals surface area contributed by atoms with Gasteiger partial charge in [-0.1, -0.05) is 48.0 Å². The lowest BCUT2D eigenvalue weighted by Crippen LogP contribution is -2.25. The smallest absolute Gasteiger partial charge is 0.124 e. The topological polar surface area (TPSA) is 3.24 Å². The highest BCUT2D eigenvalue weighted by molar-refractivity contribution is 6.31. The van der Waals surface area contributed by atoms with Crippen molar-refractivity contribution >= 4 is 23.2 Å².